The SMILES string of the molecule is CC(C)[C@H]1C[C@@](CCNC(=O)c2nc(Cl)c(Cl)c(Cl)c2Cl)(c2ccccc2)CCO1. The molecule has 2 aromatic rings. The van der Waals surface area contributed by atoms with Crippen molar-refractivity contribution in [3.8, 4) is 0 Å². The van der Waals surface area contributed by atoms with E-state index in [-0.39, 0.29) is 37.4 Å². The number of carbonyl (C=O) groups excluding carboxylic acids is 1. The van der Waals surface area contributed by atoms with Crippen LogP contribution in [-0.4, -0.2) is 30.1 Å². The van der Waals surface area contributed by atoms with Crippen LogP contribution in [0.3, 0.4) is 0 Å². The predicted molar refractivity (Wildman–Crippen MR) is 123 cm³/mol. The van der Waals surface area contributed by atoms with Gasteiger partial charge in [-0.25, -0.2) is 4.98 Å². The minimum absolute atomic E-state index is 0.00715. The van der Waals surface area contributed by atoms with E-state index in [0.29, 0.717) is 19.1 Å². The van der Waals surface area contributed by atoms with Gasteiger partial charge in [-0.05, 0) is 30.7 Å². The van der Waals surface area contributed by atoms with Crippen molar-refractivity contribution in [2.45, 2.75) is 44.6 Å². The molecule has 1 N–H and O–H groups in total. The molecule has 8 heteroatoms. The number of amides is 1. The Morgan fingerprint density at radius 2 is 1.87 bits per heavy atom. The van der Waals surface area contributed by atoms with Crippen molar-refractivity contribution >= 4 is 52.3 Å². The van der Waals surface area contributed by atoms with Gasteiger partial charge in [0.2, 0.25) is 0 Å². The van der Waals surface area contributed by atoms with Crippen LogP contribution in [0, 0.1) is 5.92 Å². The molecule has 1 fully saturated rings. The maximum Gasteiger partial charge on any atom is 0.271 e. The Morgan fingerprint density at radius 1 is 1.17 bits per heavy atom. The third-order valence-corrected chi connectivity index (χ3v) is 7.40. The lowest BCUT2D eigenvalue weighted by Crippen LogP contribution is -2.43. The van der Waals surface area contributed by atoms with E-state index in [0.717, 1.165) is 19.3 Å². The van der Waals surface area contributed by atoms with Crippen LogP contribution in [0.1, 0.15) is 49.2 Å². The van der Waals surface area contributed by atoms with Crippen LogP contribution in [0.25, 0.3) is 0 Å². The van der Waals surface area contributed by atoms with Gasteiger partial charge in [0.05, 0.1) is 21.2 Å². The Hall–Kier alpha value is -1.04. The summed E-state index contributed by atoms with van der Waals surface area (Å²) >= 11 is 24.1. The lowest BCUT2D eigenvalue weighted by molar-refractivity contribution is -0.0468. The maximum atomic E-state index is 12.7. The van der Waals surface area contributed by atoms with Crippen molar-refractivity contribution in [3.05, 3.63) is 61.8 Å². The van der Waals surface area contributed by atoms with Crippen molar-refractivity contribution in [2.24, 2.45) is 5.92 Å². The number of hydrogen-bond donors (Lipinski definition) is 1. The Bertz CT molecular complexity index is 908. The van der Waals surface area contributed by atoms with Crippen LogP contribution >= 0.6 is 46.4 Å². The summed E-state index contributed by atoms with van der Waals surface area (Å²) in [7, 11) is 0. The van der Waals surface area contributed by atoms with Crippen LogP contribution in [0.2, 0.25) is 20.2 Å². The number of hydrogen-bond acceptors (Lipinski definition) is 3. The Kier molecular flexibility index (Phi) is 7.92. The number of nitrogens with one attached hydrogen (secondary N) is 1. The summed E-state index contributed by atoms with van der Waals surface area (Å²) in [6.45, 7) is 5.50. The highest BCUT2D eigenvalue weighted by Crippen LogP contribution is 2.42. The number of benzene rings is 1. The topological polar surface area (TPSA) is 51.2 Å². The molecule has 162 valence electrons. The lowest BCUT2D eigenvalue weighted by Gasteiger charge is -2.43. The van der Waals surface area contributed by atoms with Gasteiger partial charge in [0.25, 0.3) is 5.91 Å². The fourth-order valence-corrected chi connectivity index (χ4v) is 4.76. The maximum absolute atomic E-state index is 12.7. The zero-order valence-electron chi connectivity index (χ0n) is 16.9. The fourth-order valence-electron chi connectivity index (χ4n) is 3.94. The highest BCUT2D eigenvalue weighted by atomic mass is 35.5. The number of carbonyl (C=O) groups is 1. The average Bonchev–Trinajstić information content (AvgIpc) is 2.75. The second kappa shape index (κ2) is 10.1. The molecular weight excluding hydrogens is 466 g/mol. The van der Waals surface area contributed by atoms with Crippen molar-refractivity contribution < 1.29 is 9.53 Å². The first-order chi connectivity index (χ1) is 14.2. The summed E-state index contributed by atoms with van der Waals surface area (Å²) in [5, 5.41) is 2.90. The molecule has 2 heterocycles. The summed E-state index contributed by atoms with van der Waals surface area (Å²) in [6, 6.07) is 10.4. The van der Waals surface area contributed by atoms with Crippen molar-refractivity contribution in [2.75, 3.05) is 13.2 Å². The van der Waals surface area contributed by atoms with Crippen LogP contribution in [0.5, 0.6) is 0 Å². The molecular formula is C22H24Cl4N2O2. The third kappa shape index (κ3) is 5.05. The first kappa shape index (κ1) is 23.6. The number of halogens is 4. The van der Waals surface area contributed by atoms with Crippen molar-refractivity contribution in [1.29, 1.82) is 0 Å². The van der Waals surface area contributed by atoms with E-state index in [1.165, 1.54) is 5.56 Å². The van der Waals surface area contributed by atoms with E-state index in [1.54, 1.807) is 0 Å². The second-order valence-corrected chi connectivity index (χ2v) is 9.44. The molecule has 0 spiro atoms. The summed E-state index contributed by atoms with van der Waals surface area (Å²) in [5.41, 5.74) is 1.16. The van der Waals surface area contributed by atoms with E-state index < -0.39 is 5.91 Å². The van der Waals surface area contributed by atoms with E-state index in [4.69, 9.17) is 51.1 Å². The highest BCUT2D eigenvalue weighted by molar-refractivity contribution is 6.52. The normalized spacial score (nSPS) is 21.6. The summed E-state index contributed by atoms with van der Waals surface area (Å²) in [6.07, 6.45) is 2.75. The number of aromatic nitrogens is 1. The Morgan fingerprint density at radius 3 is 2.53 bits per heavy atom. The number of nitrogens with zero attached hydrogens (tertiary/aromatic N) is 1. The molecule has 0 saturated carbocycles. The molecule has 3 rings (SSSR count). The van der Waals surface area contributed by atoms with Crippen molar-refractivity contribution in [1.82, 2.24) is 10.3 Å². The molecule has 30 heavy (non-hydrogen) atoms. The molecule has 0 unspecified atom stereocenters. The summed E-state index contributed by atoms with van der Waals surface area (Å²) < 4.78 is 6.01. The molecule has 1 saturated heterocycles. The van der Waals surface area contributed by atoms with E-state index in [9.17, 15) is 4.79 Å². The summed E-state index contributed by atoms with van der Waals surface area (Å²) in [5.74, 6) is -0.0134. The van der Waals surface area contributed by atoms with Crippen LogP contribution in [-0.2, 0) is 10.2 Å². The second-order valence-electron chi connectivity index (χ2n) is 7.95. The molecule has 4 nitrogen and oxygen atoms in total. The average molecular weight is 490 g/mol. The molecule has 1 aliphatic rings. The van der Waals surface area contributed by atoms with Gasteiger partial charge in [-0.1, -0.05) is 90.6 Å². The van der Waals surface area contributed by atoms with Gasteiger partial charge in [-0.2, -0.15) is 0 Å². The molecule has 0 aliphatic carbocycles. The summed E-state index contributed by atoms with van der Waals surface area (Å²) in [4.78, 5) is 16.7. The zero-order chi connectivity index (χ0) is 21.9. The number of rotatable bonds is 6. The molecule has 1 aliphatic heterocycles. The Labute approximate surface area is 197 Å². The first-order valence-electron chi connectivity index (χ1n) is 9.90. The van der Waals surface area contributed by atoms with Crippen LogP contribution in [0.4, 0.5) is 0 Å². The van der Waals surface area contributed by atoms with Crippen LogP contribution in [0.15, 0.2) is 30.3 Å². The smallest absolute Gasteiger partial charge is 0.271 e. The zero-order valence-corrected chi connectivity index (χ0v) is 19.9. The fraction of sp³-hybridized carbons (Fsp3) is 0.455. The van der Waals surface area contributed by atoms with E-state index in [2.05, 4.69) is 48.4 Å². The van der Waals surface area contributed by atoms with Gasteiger partial charge in [0.15, 0.2) is 0 Å². The van der Waals surface area contributed by atoms with Crippen LogP contribution < -0.4 is 5.32 Å². The van der Waals surface area contributed by atoms with Gasteiger partial charge < -0.3 is 10.1 Å². The molecule has 1 amide bonds. The largest absolute Gasteiger partial charge is 0.378 e. The third-order valence-electron chi connectivity index (χ3n) is 5.72. The highest BCUT2D eigenvalue weighted by Gasteiger charge is 2.39. The van der Waals surface area contributed by atoms with Crippen molar-refractivity contribution in [3.63, 3.8) is 0 Å². The standard InChI is InChI=1S/C22H24Cl4N2O2/c1-13(2)15-12-22(9-11-30-15,14-6-4-3-5-7-14)8-10-27-21(29)19-17(24)16(23)18(25)20(26)28-19/h3-7,13,15H,8-12H2,1-2H3,(H,27,29)/t15-,22+/m1/s1. The molecule has 1 aromatic heterocycles. The predicted octanol–water partition coefficient (Wildman–Crippen LogP) is 6.59. The van der Waals surface area contributed by atoms with E-state index in [1.807, 2.05) is 6.07 Å². The monoisotopic (exact) mass is 488 g/mol. The Balaban J connectivity index is 1.77. The van der Waals surface area contributed by atoms with Gasteiger partial charge in [0, 0.05) is 18.6 Å². The quantitative estimate of drug-likeness (QED) is 0.465. The van der Waals surface area contributed by atoms with Gasteiger partial charge in [0.1, 0.15) is 10.8 Å². The minimum atomic E-state index is -0.434. The molecule has 0 bridgehead atoms. The van der Waals surface area contributed by atoms with Gasteiger partial charge >= 0.3 is 0 Å². The molecule has 2 atom stereocenters. The van der Waals surface area contributed by atoms with Gasteiger partial charge in [-0.3, -0.25) is 4.79 Å². The molecule has 0 radical (unpaired) electrons. The lowest BCUT2D eigenvalue weighted by atomic mass is 9.68. The number of pyridine rings is 1. The van der Waals surface area contributed by atoms with E-state index >= 15 is 0 Å². The number of ether oxygens (including phenoxy) is 1. The minimum Gasteiger partial charge on any atom is -0.378 e. The first-order valence-corrected chi connectivity index (χ1v) is 11.4. The molecule has 1 aromatic carbocycles. The van der Waals surface area contributed by atoms with Gasteiger partial charge in [-0.15, -0.1) is 0 Å².